The molecule has 10 heteroatoms. The number of nitrogens with one attached hydrogen (secondary N) is 1. The van der Waals surface area contributed by atoms with Crippen molar-refractivity contribution < 1.29 is 19.0 Å². The average Bonchev–Trinajstić information content (AvgIpc) is 3.27. The van der Waals surface area contributed by atoms with Gasteiger partial charge in [0.1, 0.15) is 27.3 Å². The van der Waals surface area contributed by atoms with Crippen molar-refractivity contribution in [2.24, 2.45) is 5.41 Å². The van der Waals surface area contributed by atoms with Crippen LogP contribution in [0.3, 0.4) is 0 Å². The molecule has 1 aliphatic carbocycles. The van der Waals surface area contributed by atoms with Crippen LogP contribution >= 0.6 is 23.3 Å². The van der Waals surface area contributed by atoms with Gasteiger partial charge in [-0.3, -0.25) is 0 Å². The van der Waals surface area contributed by atoms with Gasteiger partial charge in [-0.25, -0.2) is 14.2 Å². The number of thiazole rings is 1. The number of hydrogen-bond donors (Lipinski definition) is 2. The number of carboxylic acid groups (broad SMARTS) is 1. The van der Waals surface area contributed by atoms with E-state index >= 15 is 0 Å². The van der Waals surface area contributed by atoms with Crippen LogP contribution in [0.1, 0.15) is 61.5 Å². The lowest BCUT2D eigenvalue weighted by molar-refractivity contribution is 0.0691. The molecule has 0 atom stereocenters. The number of carbonyl (C=O) groups is 1. The Morgan fingerprint density at radius 2 is 2.03 bits per heavy atom. The van der Waals surface area contributed by atoms with Crippen LogP contribution in [0, 0.1) is 11.2 Å². The minimum absolute atomic E-state index is 0.226. The van der Waals surface area contributed by atoms with Crippen molar-refractivity contribution in [3.05, 3.63) is 46.7 Å². The van der Waals surface area contributed by atoms with Gasteiger partial charge in [-0.2, -0.15) is 5.10 Å². The highest BCUT2D eigenvalue weighted by atomic mass is 32.2. The van der Waals surface area contributed by atoms with Crippen LogP contribution < -0.4 is 9.46 Å². The van der Waals surface area contributed by atoms with Crippen molar-refractivity contribution in [2.75, 3.05) is 11.8 Å². The second-order valence-corrected chi connectivity index (χ2v) is 10.5. The van der Waals surface area contributed by atoms with Gasteiger partial charge in [0, 0.05) is 29.3 Å². The molecule has 2 N–H and O–H groups in total. The van der Waals surface area contributed by atoms with Gasteiger partial charge >= 0.3 is 5.97 Å². The molecular weight excluding hydrogens is 463 g/mol. The molecule has 2 aromatic heterocycles. The number of carboxylic acids is 1. The number of anilines is 1. The first-order valence-electron chi connectivity index (χ1n) is 10.6. The standard InChI is InChI=1S/C23H25FN4O3S2/c1-23(2)8-6-13(7-9-23)16-4-5-17(27-26-16)21-25-20(12-32-21)33-28-18-11-15(24)14(22(29)30)10-19(18)31-3/h4-5,10-13,28H,6-9H2,1-3H3,(H,29,30). The third kappa shape index (κ3) is 5.44. The monoisotopic (exact) mass is 488 g/mol. The first kappa shape index (κ1) is 23.4. The predicted molar refractivity (Wildman–Crippen MR) is 128 cm³/mol. The van der Waals surface area contributed by atoms with Crippen LogP contribution in [0.15, 0.2) is 34.7 Å². The minimum atomic E-state index is -1.35. The highest BCUT2D eigenvalue weighted by Crippen LogP contribution is 2.42. The lowest BCUT2D eigenvalue weighted by Gasteiger charge is -2.33. The SMILES string of the molecule is COc1cc(C(=O)O)c(F)cc1NSc1csc(-c2ccc(C3CCC(C)(C)CC3)nn2)n1. The summed E-state index contributed by atoms with van der Waals surface area (Å²) >= 11 is 2.62. The molecule has 1 aliphatic rings. The van der Waals surface area contributed by atoms with Crippen molar-refractivity contribution in [3.8, 4) is 16.5 Å². The molecule has 0 saturated heterocycles. The summed E-state index contributed by atoms with van der Waals surface area (Å²) in [6, 6.07) is 6.26. The average molecular weight is 489 g/mol. The van der Waals surface area contributed by atoms with Crippen LogP contribution in [-0.4, -0.2) is 33.4 Å². The molecule has 1 saturated carbocycles. The van der Waals surface area contributed by atoms with E-state index in [0.29, 0.717) is 27.7 Å². The summed E-state index contributed by atoms with van der Waals surface area (Å²) in [4.78, 5) is 15.7. The number of aromatic nitrogens is 3. The zero-order valence-electron chi connectivity index (χ0n) is 18.6. The summed E-state index contributed by atoms with van der Waals surface area (Å²) in [5.41, 5.74) is 2.04. The van der Waals surface area contributed by atoms with E-state index in [4.69, 9.17) is 9.84 Å². The Labute approximate surface area is 200 Å². The molecule has 0 spiro atoms. The van der Waals surface area contributed by atoms with Crippen molar-refractivity contribution in [1.29, 1.82) is 0 Å². The maximum atomic E-state index is 14.1. The highest BCUT2D eigenvalue weighted by molar-refractivity contribution is 8.00. The topological polar surface area (TPSA) is 97.2 Å². The normalized spacial score (nSPS) is 15.9. The Morgan fingerprint density at radius 3 is 2.67 bits per heavy atom. The maximum absolute atomic E-state index is 14.1. The first-order valence-corrected chi connectivity index (χ1v) is 12.3. The van der Waals surface area contributed by atoms with Gasteiger partial charge in [0.2, 0.25) is 0 Å². The quantitative estimate of drug-likeness (QED) is 0.377. The molecule has 0 radical (unpaired) electrons. The van der Waals surface area contributed by atoms with Gasteiger partial charge in [0.15, 0.2) is 0 Å². The molecule has 33 heavy (non-hydrogen) atoms. The second-order valence-electron chi connectivity index (χ2n) is 8.81. The first-order chi connectivity index (χ1) is 15.8. The van der Waals surface area contributed by atoms with E-state index in [1.807, 2.05) is 11.4 Å². The number of rotatable bonds is 7. The molecule has 4 rings (SSSR count). The Hall–Kier alpha value is -2.72. The van der Waals surface area contributed by atoms with Crippen LogP contribution in [0.2, 0.25) is 0 Å². The number of methoxy groups -OCH3 is 1. The second kappa shape index (κ2) is 9.64. The molecule has 0 aliphatic heterocycles. The van der Waals surface area contributed by atoms with E-state index in [9.17, 15) is 9.18 Å². The van der Waals surface area contributed by atoms with Gasteiger partial charge < -0.3 is 14.6 Å². The summed E-state index contributed by atoms with van der Waals surface area (Å²) in [6.45, 7) is 4.64. The number of benzene rings is 1. The number of hydrogen-bond acceptors (Lipinski definition) is 8. The van der Waals surface area contributed by atoms with E-state index in [-0.39, 0.29) is 5.75 Å². The molecule has 1 aromatic carbocycles. The van der Waals surface area contributed by atoms with E-state index in [1.165, 1.54) is 43.2 Å². The summed E-state index contributed by atoms with van der Waals surface area (Å²) in [6.07, 6.45) is 4.69. The third-order valence-corrected chi connectivity index (χ3v) is 7.68. The molecule has 2 heterocycles. The zero-order chi connectivity index (χ0) is 23.6. The Balaban J connectivity index is 1.41. The number of nitrogens with zero attached hydrogens (tertiary/aromatic N) is 3. The van der Waals surface area contributed by atoms with Gasteiger partial charge in [0.25, 0.3) is 0 Å². The fourth-order valence-electron chi connectivity index (χ4n) is 3.87. The van der Waals surface area contributed by atoms with E-state index in [0.717, 1.165) is 35.7 Å². The van der Waals surface area contributed by atoms with Gasteiger partial charge in [-0.1, -0.05) is 13.8 Å². The Kier molecular flexibility index (Phi) is 6.85. The fourth-order valence-corrected chi connectivity index (χ4v) is 5.42. The molecule has 1 fully saturated rings. The van der Waals surface area contributed by atoms with Crippen molar-refractivity contribution in [1.82, 2.24) is 15.2 Å². The third-order valence-electron chi connectivity index (χ3n) is 5.93. The van der Waals surface area contributed by atoms with Crippen LogP contribution in [0.5, 0.6) is 5.75 Å². The largest absolute Gasteiger partial charge is 0.495 e. The summed E-state index contributed by atoms with van der Waals surface area (Å²) in [5.74, 6) is -1.51. The molecule has 0 amide bonds. The Bertz CT molecular complexity index is 1140. The fraction of sp³-hybridized carbons (Fsp3) is 0.391. The van der Waals surface area contributed by atoms with Gasteiger partial charge in [-0.15, -0.1) is 16.4 Å². The molecule has 0 bridgehead atoms. The zero-order valence-corrected chi connectivity index (χ0v) is 20.2. The number of halogens is 1. The summed E-state index contributed by atoms with van der Waals surface area (Å²) < 4.78 is 22.2. The van der Waals surface area contributed by atoms with E-state index in [2.05, 4.69) is 39.8 Å². The van der Waals surface area contributed by atoms with Gasteiger partial charge in [0.05, 0.1) is 24.1 Å². The molecule has 7 nitrogen and oxygen atoms in total. The molecule has 0 unspecified atom stereocenters. The smallest absolute Gasteiger partial charge is 0.338 e. The minimum Gasteiger partial charge on any atom is -0.495 e. The lowest BCUT2D eigenvalue weighted by atomic mass is 9.72. The summed E-state index contributed by atoms with van der Waals surface area (Å²) in [7, 11) is 1.40. The Morgan fingerprint density at radius 1 is 1.27 bits per heavy atom. The number of aromatic carboxylic acids is 1. The maximum Gasteiger partial charge on any atom is 0.338 e. The lowest BCUT2D eigenvalue weighted by Crippen LogP contribution is -2.20. The van der Waals surface area contributed by atoms with Gasteiger partial charge in [-0.05, 0) is 49.3 Å². The van der Waals surface area contributed by atoms with E-state index < -0.39 is 17.3 Å². The summed E-state index contributed by atoms with van der Waals surface area (Å²) in [5, 5.41) is 21.2. The van der Waals surface area contributed by atoms with Crippen molar-refractivity contribution in [3.63, 3.8) is 0 Å². The van der Waals surface area contributed by atoms with Crippen molar-refractivity contribution >= 4 is 34.9 Å². The van der Waals surface area contributed by atoms with E-state index in [1.54, 1.807) is 0 Å². The predicted octanol–water partition coefficient (Wildman–Crippen LogP) is 6.25. The molecule has 174 valence electrons. The number of ether oxygens (including phenoxy) is 1. The van der Waals surface area contributed by atoms with Crippen LogP contribution in [-0.2, 0) is 0 Å². The highest BCUT2D eigenvalue weighted by Gasteiger charge is 2.28. The molecule has 3 aromatic rings. The van der Waals surface area contributed by atoms with Crippen molar-refractivity contribution in [2.45, 2.75) is 50.5 Å². The van der Waals surface area contributed by atoms with Crippen LogP contribution in [0.25, 0.3) is 10.7 Å². The van der Waals surface area contributed by atoms with Crippen LogP contribution in [0.4, 0.5) is 10.1 Å². The molecular formula is C23H25FN4O3S2.